The second-order valence-corrected chi connectivity index (χ2v) is 6.48. The van der Waals surface area contributed by atoms with Crippen molar-refractivity contribution in [2.75, 3.05) is 11.9 Å². The van der Waals surface area contributed by atoms with Crippen molar-refractivity contribution >= 4 is 23.3 Å². The van der Waals surface area contributed by atoms with Gasteiger partial charge in [0.25, 0.3) is 0 Å². The van der Waals surface area contributed by atoms with Gasteiger partial charge in [0, 0.05) is 18.0 Å². The van der Waals surface area contributed by atoms with Gasteiger partial charge in [0.05, 0.1) is 0 Å². The van der Waals surface area contributed by atoms with E-state index in [0.717, 1.165) is 24.2 Å². The van der Waals surface area contributed by atoms with E-state index in [4.69, 9.17) is 11.6 Å². The van der Waals surface area contributed by atoms with E-state index in [1.807, 2.05) is 13.8 Å². The quantitative estimate of drug-likeness (QED) is 0.793. The maximum atomic E-state index is 12.0. The van der Waals surface area contributed by atoms with Gasteiger partial charge in [0.2, 0.25) is 5.91 Å². The molecule has 1 aromatic heterocycles. The molecule has 0 aliphatic heterocycles. The predicted molar refractivity (Wildman–Crippen MR) is 84.7 cm³/mol. The van der Waals surface area contributed by atoms with Crippen LogP contribution in [0.2, 0.25) is 5.15 Å². The molecule has 0 saturated heterocycles. The molecule has 2 N–H and O–H groups in total. The van der Waals surface area contributed by atoms with Crippen LogP contribution in [0.15, 0.2) is 0 Å². The summed E-state index contributed by atoms with van der Waals surface area (Å²) in [5.41, 5.74) is 0.782. The summed E-state index contributed by atoms with van der Waals surface area (Å²) in [5, 5.41) is 6.52. The number of amides is 1. The van der Waals surface area contributed by atoms with Crippen molar-refractivity contribution in [2.45, 2.75) is 52.5 Å². The van der Waals surface area contributed by atoms with E-state index < -0.39 is 0 Å². The lowest BCUT2D eigenvalue weighted by atomic mass is 10.2. The van der Waals surface area contributed by atoms with Crippen LogP contribution < -0.4 is 10.6 Å². The third kappa shape index (κ3) is 4.30. The molecule has 0 aromatic carbocycles. The molecular formula is C15H23ClN4O. The van der Waals surface area contributed by atoms with E-state index in [2.05, 4.69) is 34.4 Å². The summed E-state index contributed by atoms with van der Waals surface area (Å²) in [4.78, 5) is 20.9. The smallest absolute Gasteiger partial charge is 0.242 e. The second kappa shape index (κ2) is 6.60. The molecule has 1 amide bonds. The third-order valence-corrected chi connectivity index (χ3v) is 3.85. The van der Waals surface area contributed by atoms with Crippen LogP contribution in [0.3, 0.4) is 0 Å². The first-order valence-corrected chi connectivity index (χ1v) is 7.84. The molecule has 1 heterocycles. The monoisotopic (exact) mass is 310 g/mol. The van der Waals surface area contributed by atoms with E-state index in [0.29, 0.717) is 29.4 Å². The van der Waals surface area contributed by atoms with Gasteiger partial charge >= 0.3 is 0 Å². The van der Waals surface area contributed by atoms with Crippen LogP contribution in [-0.2, 0) is 4.79 Å². The molecule has 1 aliphatic carbocycles. The lowest BCUT2D eigenvalue weighted by Gasteiger charge is -2.17. The number of carbonyl (C=O) groups excluding carboxylic acids is 1. The Balaban J connectivity index is 2.05. The van der Waals surface area contributed by atoms with Crippen molar-refractivity contribution in [1.29, 1.82) is 0 Å². The standard InChI is InChI=1S/C15H23ClN4O/c1-8(2)7-17-15(21)10(4)18-13-9(3)12(16)19-14(20-13)11-5-6-11/h8,10-11H,5-7H2,1-4H3,(H,17,21)(H,18,19,20). The number of hydrogen-bond donors (Lipinski definition) is 2. The van der Waals surface area contributed by atoms with E-state index in [9.17, 15) is 4.79 Å². The molecule has 1 atom stereocenters. The van der Waals surface area contributed by atoms with Crippen molar-refractivity contribution in [3.8, 4) is 0 Å². The molecular weight excluding hydrogens is 288 g/mol. The summed E-state index contributed by atoms with van der Waals surface area (Å²) in [5.74, 6) is 2.25. The third-order valence-electron chi connectivity index (χ3n) is 3.48. The van der Waals surface area contributed by atoms with Crippen LogP contribution in [0.25, 0.3) is 0 Å². The van der Waals surface area contributed by atoms with Gasteiger partial charge in [-0.15, -0.1) is 0 Å². The van der Waals surface area contributed by atoms with Crippen LogP contribution in [0, 0.1) is 12.8 Å². The number of aromatic nitrogens is 2. The van der Waals surface area contributed by atoms with Gasteiger partial charge in [-0.2, -0.15) is 0 Å². The Kier molecular flexibility index (Phi) is 5.04. The molecule has 21 heavy (non-hydrogen) atoms. The van der Waals surface area contributed by atoms with Gasteiger partial charge < -0.3 is 10.6 Å². The fourth-order valence-electron chi connectivity index (χ4n) is 1.90. The molecule has 1 saturated carbocycles. The molecule has 6 heteroatoms. The fourth-order valence-corrected chi connectivity index (χ4v) is 2.07. The zero-order valence-corrected chi connectivity index (χ0v) is 13.8. The zero-order valence-electron chi connectivity index (χ0n) is 13.0. The molecule has 1 unspecified atom stereocenters. The van der Waals surface area contributed by atoms with Gasteiger partial charge in [-0.3, -0.25) is 4.79 Å². The maximum absolute atomic E-state index is 12.0. The van der Waals surface area contributed by atoms with Gasteiger partial charge in [-0.1, -0.05) is 25.4 Å². The Morgan fingerprint density at radius 3 is 2.57 bits per heavy atom. The normalized spacial score (nSPS) is 15.9. The average Bonchev–Trinajstić information content (AvgIpc) is 3.25. The van der Waals surface area contributed by atoms with Gasteiger partial charge in [0.15, 0.2) is 0 Å². The number of carbonyl (C=O) groups is 1. The molecule has 1 aliphatic rings. The van der Waals surface area contributed by atoms with Crippen LogP contribution in [0.4, 0.5) is 5.82 Å². The molecule has 116 valence electrons. The van der Waals surface area contributed by atoms with E-state index >= 15 is 0 Å². The van der Waals surface area contributed by atoms with Crippen LogP contribution >= 0.6 is 11.6 Å². The Hall–Kier alpha value is -1.36. The summed E-state index contributed by atoms with van der Waals surface area (Å²) < 4.78 is 0. The Bertz CT molecular complexity index is 529. The van der Waals surface area contributed by atoms with Crippen LogP contribution in [-0.4, -0.2) is 28.5 Å². The van der Waals surface area contributed by atoms with Crippen LogP contribution in [0.5, 0.6) is 0 Å². The molecule has 0 radical (unpaired) electrons. The fraction of sp³-hybridized carbons (Fsp3) is 0.667. The molecule has 2 rings (SSSR count). The molecule has 0 spiro atoms. The topological polar surface area (TPSA) is 66.9 Å². The van der Waals surface area contributed by atoms with Crippen molar-refractivity contribution in [3.05, 3.63) is 16.5 Å². The SMILES string of the molecule is Cc1c(Cl)nc(C2CC2)nc1NC(C)C(=O)NCC(C)C. The predicted octanol–water partition coefficient (Wildman–Crippen LogP) is 2.89. The first kappa shape index (κ1) is 16.0. The van der Waals surface area contributed by atoms with E-state index in [1.54, 1.807) is 0 Å². The minimum atomic E-state index is -0.361. The largest absolute Gasteiger partial charge is 0.358 e. The number of hydrogen-bond acceptors (Lipinski definition) is 4. The summed E-state index contributed by atoms with van der Waals surface area (Å²) in [6.45, 7) is 8.48. The summed E-state index contributed by atoms with van der Waals surface area (Å²) >= 11 is 6.16. The van der Waals surface area contributed by atoms with Crippen molar-refractivity contribution in [1.82, 2.24) is 15.3 Å². The molecule has 1 fully saturated rings. The first-order valence-electron chi connectivity index (χ1n) is 7.46. The molecule has 5 nitrogen and oxygen atoms in total. The lowest BCUT2D eigenvalue weighted by Crippen LogP contribution is -2.39. The highest BCUT2D eigenvalue weighted by Crippen LogP contribution is 2.39. The zero-order chi connectivity index (χ0) is 15.6. The summed E-state index contributed by atoms with van der Waals surface area (Å²) in [6, 6.07) is -0.361. The number of nitrogens with zero attached hydrogens (tertiary/aromatic N) is 2. The van der Waals surface area contributed by atoms with Gasteiger partial charge in [-0.05, 0) is 32.6 Å². The van der Waals surface area contributed by atoms with Gasteiger partial charge in [-0.25, -0.2) is 9.97 Å². The van der Waals surface area contributed by atoms with Crippen molar-refractivity contribution in [2.24, 2.45) is 5.92 Å². The number of rotatable bonds is 6. The Morgan fingerprint density at radius 1 is 1.33 bits per heavy atom. The lowest BCUT2D eigenvalue weighted by molar-refractivity contribution is -0.121. The Labute approximate surface area is 130 Å². The van der Waals surface area contributed by atoms with Crippen LogP contribution in [0.1, 0.15) is 50.9 Å². The van der Waals surface area contributed by atoms with E-state index in [-0.39, 0.29) is 11.9 Å². The minimum absolute atomic E-state index is 0.0363. The number of nitrogens with one attached hydrogen (secondary N) is 2. The average molecular weight is 311 g/mol. The van der Waals surface area contributed by atoms with E-state index in [1.165, 1.54) is 0 Å². The summed E-state index contributed by atoms with van der Waals surface area (Å²) in [7, 11) is 0. The first-order chi connectivity index (χ1) is 9.88. The highest BCUT2D eigenvalue weighted by atomic mass is 35.5. The minimum Gasteiger partial charge on any atom is -0.358 e. The number of anilines is 1. The maximum Gasteiger partial charge on any atom is 0.242 e. The van der Waals surface area contributed by atoms with Crippen molar-refractivity contribution in [3.63, 3.8) is 0 Å². The molecule has 0 bridgehead atoms. The number of halogens is 1. The Morgan fingerprint density at radius 2 is 2.00 bits per heavy atom. The highest BCUT2D eigenvalue weighted by molar-refractivity contribution is 6.30. The molecule has 1 aromatic rings. The highest BCUT2D eigenvalue weighted by Gasteiger charge is 2.28. The van der Waals surface area contributed by atoms with Crippen molar-refractivity contribution < 1.29 is 4.79 Å². The second-order valence-electron chi connectivity index (χ2n) is 6.13. The van der Waals surface area contributed by atoms with Gasteiger partial charge in [0.1, 0.15) is 22.8 Å². The summed E-state index contributed by atoms with van der Waals surface area (Å²) in [6.07, 6.45) is 2.23.